The van der Waals surface area contributed by atoms with Crippen molar-refractivity contribution in [3.63, 3.8) is 0 Å². The fourth-order valence-corrected chi connectivity index (χ4v) is 4.11. The van der Waals surface area contributed by atoms with Crippen LogP contribution in [-0.2, 0) is 4.74 Å². The number of nitrogens with one attached hydrogen (secondary N) is 1. The number of fused-ring (bicyclic) bond motifs is 3. The van der Waals surface area contributed by atoms with Gasteiger partial charge in [0.05, 0.1) is 25.9 Å². The number of aryl methyl sites for hydroxylation is 1. The van der Waals surface area contributed by atoms with Crippen molar-refractivity contribution in [3.05, 3.63) is 47.9 Å². The van der Waals surface area contributed by atoms with Gasteiger partial charge in [0.1, 0.15) is 11.6 Å². The number of nitrogens with zero attached hydrogens (tertiary/aromatic N) is 3. The summed E-state index contributed by atoms with van der Waals surface area (Å²) in [5, 5.41) is 2.95. The van der Waals surface area contributed by atoms with E-state index in [1.54, 1.807) is 19.4 Å². The Morgan fingerprint density at radius 2 is 2.21 bits per heavy atom. The van der Waals surface area contributed by atoms with E-state index < -0.39 is 0 Å². The minimum absolute atomic E-state index is 0.0387. The van der Waals surface area contributed by atoms with Crippen molar-refractivity contribution in [3.8, 4) is 11.6 Å². The zero-order valence-electron chi connectivity index (χ0n) is 16.7. The molecule has 8 heteroatoms. The maximum atomic E-state index is 12.9. The second-order valence-corrected chi connectivity index (χ2v) is 7.35. The predicted molar refractivity (Wildman–Crippen MR) is 106 cm³/mol. The normalized spacial score (nSPS) is 22.4. The minimum atomic E-state index is -0.0888. The van der Waals surface area contributed by atoms with Crippen LogP contribution in [-0.4, -0.2) is 60.9 Å². The summed E-state index contributed by atoms with van der Waals surface area (Å²) in [6.07, 6.45) is 1.69. The number of likely N-dealkylation sites (tertiary alicyclic amines) is 1. The SMILES string of the molecule is COCCNC(=O)N1C[C@@H](COc2ccnc(C)n2)[C@@H]2COc3ccccc3[C@@H]21. The number of aromatic nitrogens is 2. The molecule has 0 aliphatic carbocycles. The highest BCUT2D eigenvalue weighted by Gasteiger charge is 2.48. The van der Waals surface area contributed by atoms with Crippen LogP contribution in [0.1, 0.15) is 17.4 Å². The molecule has 2 aromatic rings. The molecule has 0 spiro atoms. The van der Waals surface area contributed by atoms with Crippen molar-refractivity contribution in [1.29, 1.82) is 0 Å². The van der Waals surface area contributed by atoms with Crippen LogP contribution in [0.3, 0.4) is 0 Å². The van der Waals surface area contributed by atoms with E-state index in [0.717, 1.165) is 11.3 Å². The van der Waals surface area contributed by atoms with E-state index in [4.69, 9.17) is 14.2 Å². The van der Waals surface area contributed by atoms with Crippen LogP contribution in [0, 0.1) is 18.8 Å². The first-order chi connectivity index (χ1) is 14.2. The average molecular weight is 398 g/mol. The molecule has 1 aromatic heterocycles. The number of urea groups is 1. The first-order valence-electron chi connectivity index (χ1n) is 9.85. The van der Waals surface area contributed by atoms with Gasteiger partial charge in [0.2, 0.25) is 5.88 Å². The fourth-order valence-electron chi connectivity index (χ4n) is 4.11. The van der Waals surface area contributed by atoms with Crippen molar-refractivity contribution in [2.45, 2.75) is 13.0 Å². The van der Waals surface area contributed by atoms with Crippen LogP contribution in [0.25, 0.3) is 0 Å². The molecule has 1 aromatic carbocycles. The van der Waals surface area contributed by atoms with E-state index in [-0.39, 0.29) is 23.9 Å². The van der Waals surface area contributed by atoms with E-state index in [0.29, 0.717) is 44.6 Å². The van der Waals surface area contributed by atoms with Gasteiger partial charge in [-0.1, -0.05) is 18.2 Å². The fraction of sp³-hybridized carbons (Fsp3) is 0.476. The summed E-state index contributed by atoms with van der Waals surface area (Å²) in [4.78, 5) is 23.2. The van der Waals surface area contributed by atoms with Crippen LogP contribution >= 0.6 is 0 Å². The molecule has 8 nitrogen and oxygen atoms in total. The molecule has 0 unspecified atom stereocenters. The van der Waals surface area contributed by atoms with Gasteiger partial charge in [0, 0.05) is 49.9 Å². The molecule has 2 aliphatic heterocycles. The van der Waals surface area contributed by atoms with Crippen LogP contribution in [0.15, 0.2) is 36.5 Å². The molecule has 3 heterocycles. The topological polar surface area (TPSA) is 85.8 Å². The lowest BCUT2D eigenvalue weighted by molar-refractivity contribution is 0.125. The Balaban J connectivity index is 1.53. The lowest BCUT2D eigenvalue weighted by atomic mass is 9.86. The summed E-state index contributed by atoms with van der Waals surface area (Å²) in [6, 6.07) is 9.56. The van der Waals surface area contributed by atoms with Crippen molar-refractivity contribution < 1.29 is 19.0 Å². The highest BCUT2D eigenvalue weighted by molar-refractivity contribution is 5.75. The Morgan fingerprint density at radius 3 is 3.03 bits per heavy atom. The molecule has 1 saturated heterocycles. The van der Waals surface area contributed by atoms with E-state index in [1.165, 1.54) is 0 Å². The molecule has 29 heavy (non-hydrogen) atoms. The Bertz CT molecular complexity index is 862. The number of para-hydroxylation sites is 1. The average Bonchev–Trinajstić information content (AvgIpc) is 3.12. The number of methoxy groups -OCH3 is 1. The van der Waals surface area contributed by atoms with E-state index in [1.807, 2.05) is 36.1 Å². The van der Waals surface area contributed by atoms with Crippen LogP contribution < -0.4 is 14.8 Å². The minimum Gasteiger partial charge on any atom is -0.493 e. The Kier molecular flexibility index (Phi) is 5.80. The van der Waals surface area contributed by atoms with Crippen molar-refractivity contribution in [1.82, 2.24) is 20.2 Å². The van der Waals surface area contributed by atoms with Crippen LogP contribution in [0.4, 0.5) is 4.79 Å². The quantitative estimate of drug-likeness (QED) is 0.751. The number of benzene rings is 1. The van der Waals surface area contributed by atoms with Gasteiger partial charge in [-0.05, 0) is 13.0 Å². The smallest absolute Gasteiger partial charge is 0.318 e. The van der Waals surface area contributed by atoms with Gasteiger partial charge in [-0.2, -0.15) is 4.98 Å². The van der Waals surface area contributed by atoms with Gasteiger partial charge in [0.25, 0.3) is 0 Å². The molecule has 2 aliphatic rings. The summed E-state index contributed by atoms with van der Waals surface area (Å²) in [7, 11) is 1.62. The summed E-state index contributed by atoms with van der Waals surface area (Å²) in [5.74, 6) is 2.35. The van der Waals surface area contributed by atoms with Gasteiger partial charge >= 0.3 is 6.03 Å². The number of rotatable bonds is 6. The molecule has 0 radical (unpaired) electrons. The third kappa shape index (κ3) is 4.12. The number of carbonyl (C=O) groups excluding carboxylic acids is 1. The first-order valence-corrected chi connectivity index (χ1v) is 9.85. The maximum absolute atomic E-state index is 12.9. The highest BCUT2D eigenvalue weighted by atomic mass is 16.5. The lowest BCUT2D eigenvalue weighted by Crippen LogP contribution is -2.42. The summed E-state index contributed by atoms with van der Waals surface area (Å²) >= 11 is 0. The van der Waals surface area contributed by atoms with E-state index >= 15 is 0 Å². The zero-order valence-corrected chi connectivity index (χ0v) is 16.7. The molecule has 0 saturated carbocycles. The molecular formula is C21H26N4O4. The third-order valence-corrected chi connectivity index (χ3v) is 5.49. The number of ether oxygens (including phenoxy) is 3. The van der Waals surface area contributed by atoms with E-state index in [2.05, 4.69) is 15.3 Å². The van der Waals surface area contributed by atoms with Crippen LogP contribution in [0.5, 0.6) is 11.6 Å². The third-order valence-electron chi connectivity index (χ3n) is 5.49. The first kappa shape index (κ1) is 19.4. The van der Waals surface area contributed by atoms with Crippen molar-refractivity contribution in [2.24, 2.45) is 11.8 Å². The molecule has 3 atom stereocenters. The van der Waals surface area contributed by atoms with Crippen LogP contribution in [0.2, 0.25) is 0 Å². The number of carbonyl (C=O) groups is 1. The number of amides is 2. The molecule has 154 valence electrons. The monoisotopic (exact) mass is 398 g/mol. The molecule has 0 bridgehead atoms. The molecule has 1 N–H and O–H groups in total. The van der Waals surface area contributed by atoms with Gasteiger partial charge in [-0.15, -0.1) is 0 Å². The van der Waals surface area contributed by atoms with Crippen molar-refractivity contribution in [2.75, 3.05) is 40.0 Å². The molecular weight excluding hydrogens is 372 g/mol. The predicted octanol–water partition coefficient (Wildman–Crippen LogP) is 2.20. The zero-order chi connectivity index (χ0) is 20.2. The summed E-state index contributed by atoms with van der Waals surface area (Å²) < 4.78 is 17.0. The van der Waals surface area contributed by atoms with E-state index in [9.17, 15) is 4.79 Å². The Hall–Kier alpha value is -2.87. The second-order valence-electron chi connectivity index (χ2n) is 7.35. The van der Waals surface area contributed by atoms with Gasteiger partial charge in [-0.25, -0.2) is 9.78 Å². The highest BCUT2D eigenvalue weighted by Crippen LogP contribution is 2.47. The van der Waals surface area contributed by atoms with Gasteiger partial charge in [0.15, 0.2) is 0 Å². The standard InChI is InChI=1S/C21H26N4O4/c1-14-22-8-7-19(24-14)29-12-15-11-25(21(26)23-9-10-27-2)20-16-5-3-4-6-18(16)28-13-17(15)20/h3-8,15,17,20H,9-13H2,1-2H3,(H,23,26)/t15-,17-,20-/m0/s1. The molecule has 1 fully saturated rings. The molecule has 2 amide bonds. The second kappa shape index (κ2) is 8.65. The largest absolute Gasteiger partial charge is 0.493 e. The van der Waals surface area contributed by atoms with Gasteiger partial charge in [-0.3, -0.25) is 0 Å². The maximum Gasteiger partial charge on any atom is 0.318 e. The summed E-state index contributed by atoms with van der Waals surface area (Å²) in [6.45, 7) is 4.40. The number of hydrogen-bond acceptors (Lipinski definition) is 6. The Morgan fingerprint density at radius 1 is 1.34 bits per heavy atom. The van der Waals surface area contributed by atoms with Crippen molar-refractivity contribution >= 4 is 6.03 Å². The van der Waals surface area contributed by atoms with Gasteiger partial charge < -0.3 is 24.4 Å². The molecule has 4 rings (SSSR count). The lowest BCUT2D eigenvalue weighted by Gasteiger charge is -2.34. The summed E-state index contributed by atoms with van der Waals surface area (Å²) in [5.41, 5.74) is 1.05. The Labute approximate surface area is 170 Å². The number of hydrogen-bond donors (Lipinski definition) is 1.